The maximum atomic E-state index is 12.4. The molecule has 0 spiro atoms. The van der Waals surface area contributed by atoms with Crippen molar-refractivity contribution < 1.29 is 26.2 Å². The van der Waals surface area contributed by atoms with Crippen LogP contribution in [0.3, 0.4) is 0 Å². The van der Waals surface area contributed by atoms with Gasteiger partial charge in [0.25, 0.3) is 26.8 Å². The lowest BCUT2D eigenvalue weighted by atomic mass is 10.2. The lowest BCUT2D eigenvalue weighted by Crippen LogP contribution is -2.39. The fourth-order valence-corrected chi connectivity index (χ4v) is 7.63. The molecule has 9 heterocycles. The molecule has 9 aromatic rings. The van der Waals surface area contributed by atoms with Crippen LogP contribution in [0.5, 0.6) is 0 Å². The van der Waals surface area contributed by atoms with Crippen molar-refractivity contribution in [1.82, 2.24) is 58.2 Å². The van der Waals surface area contributed by atoms with Gasteiger partial charge in [-0.3, -0.25) is 61.3 Å². The Balaban J connectivity index is 0.000000159. The first-order valence-electron chi connectivity index (χ1n) is 22.0. The van der Waals surface area contributed by atoms with Crippen molar-refractivity contribution in [2.75, 3.05) is 12.9 Å². The van der Waals surface area contributed by atoms with Gasteiger partial charge in [0.2, 0.25) is 0 Å². The topological polar surface area (TPSA) is 303 Å². The van der Waals surface area contributed by atoms with E-state index in [1.54, 1.807) is 57.9 Å². The third-order valence-electron chi connectivity index (χ3n) is 10.7. The zero-order chi connectivity index (χ0) is 51.4. The summed E-state index contributed by atoms with van der Waals surface area (Å²) in [6.45, 7) is 6.37. The molecule has 0 fully saturated rings. The van der Waals surface area contributed by atoms with Crippen LogP contribution >= 0.6 is 0 Å². The monoisotopic (exact) mass is 996 g/mol. The highest BCUT2D eigenvalue weighted by molar-refractivity contribution is 7.85. The summed E-state index contributed by atoms with van der Waals surface area (Å²) in [5.74, 6) is 2.26. The second-order valence-electron chi connectivity index (χ2n) is 16.2. The van der Waals surface area contributed by atoms with Gasteiger partial charge in [0.05, 0.1) is 62.7 Å². The van der Waals surface area contributed by atoms with Gasteiger partial charge in [0.1, 0.15) is 17.3 Å². The van der Waals surface area contributed by atoms with E-state index in [1.807, 2.05) is 39.0 Å². The van der Waals surface area contributed by atoms with Crippen molar-refractivity contribution in [2.45, 2.75) is 72.4 Å². The van der Waals surface area contributed by atoms with Crippen molar-refractivity contribution in [3.63, 3.8) is 0 Å². The predicted octanol–water partition coefficient (Wildman–Crippen LogP) is 2.56. The van der Waals surface area contributed by atoms with Gasteiger partial charge in [-0.15, -0.1) is 0 Å². The number of hydrogen-bond acceptors (Lipinski definition) is 18. The Morgan fingerprint density at radius 1 is 0.563 bits per heavy atom. The van der Waals surface area contributed by atoms with Gasteiger partial charge in [0.15, 0.2) is 0 Å². The molecule has 0 aliphatic heterocycles. The van der Waals surface area contributed by atoms with Crippen molar-refractivity contribution >= 4 is 42.8 Å². The second-order valence-corrected chi connectivity index (χ2v) is 17.9. The molecule has 1 N–H and O–H groups in total. The van der Waals surface area contributed by atoms with Crippen LogP contribution in [0.4, 0.5) is 0 Å². The van der Waals surface area contributed by atoms with E-state index in [4.69, 9.17) is 13.6 Å². The standard InChI is InChI=1S/2C15H16N4O3.C8H7N3O2.C8H13NO4S/c2*1-10-8-11(22-17-10)4-3-7-19-14(20)12-9-16-6-5-13(12)18(2)15(19)21;1-11-6-2-3-9-4-5(6)7(12)10-8(11)13;1-7-6-8(13-9-7)4-3-5-12-14(2,10)11/h2*5-6,8-9H,3-4,7H2,1-2H3;2-4H,1H3,(H,10,12,13);6H,3-5H2,1-2H3. The number of hydrogen-bond donors (Lipinski definition) is 1. The van der Waals surface area contributed by atoms with E-state index in [9.17, 15) is 37.2 Å². The number of fused-ring (bicyclic) bond motifs is 3. The van der Waals surface area contributed by atoms with E-state index >= 15 is 0 Å². The molecule has 0 aliphatic carbocycles. The minimum atomic E-state index is -3.32. The highest BCUT2D eigenvalue weighted by atomic mass is 32.2. The quantitative estimate of drug-likeness (QED) is 0.128. The second kappa shape index (κ2) is 23.4. The molecule has 25 heteroatoms. The van der Waals surface area contributed by atoms with Crippen LogP contribution in [0, 0.1) is 20.8 Å². The number of aromatic nitrogens is 12. The Morgan fingerprint density at radius 2 is 0.944 bits per heavy atom. The summed E-state index contributed by atoms with van der Waals surface area (Å²) in [6.07, 6.45) is 13.9. The third-order valence-corrected chi connectivity index (χ3v) is 11.3. The van der Waals surface area contributed by atoms with Crippen molar-refractivity contribution in [3.05, 3.63) is 170 Å². The highest BCUT2D eigenvalue weighted by Crippen LogP contribution is 2.10. The summed E-state index contributed by atoms with van der Waals surface area (Å²) < 4.78 is 47.7. The van der Waals surface area contributed by atoms with Gasteiger partial charge in [0, 0.05) is 109 Å². The molecule has 0 aliphatic rings. The number of aryl methyl sites for hydroxylation is 9. The Kier molecular flexibility index (Phi) is 17.2. The largest absolute Gasteiger partial charge is 0.361 e. The van der Waals surface area contributed by atoms with Gasteiger partial charge in [-0.1, -0.05) is 15.5 Å². The molecule has 9 aromatic heterocycles. The van der Waals surface area contributed by atoms with Gasteiger partial charge in [-0.25, -0.2) is 14.4 Å². The van der Waals surface area contributed by atoms with Gasteiger partial charge >= 0.3 is 17.1 Å². The van der Waals surface area contributed by atoms with E-state index in [0.717, 1.165) is 40.6 Å². The molecule has 0 bridgehead atoms. The molecule has 374 valence electrons. The molecule has 0 unspecified atom stereocenters. The van der Waals surface area contributed by atoms with Crippen LogP contribution < -0.4 is 33.7 Å². The summed E-state index contributed by atoms with van der Waals surface area (Å²) >= 11 is 0. The lowest BCUT2D eigenvalue weighted by Gasteiger charge is -2.09. The molecule has 9 rings (SSSR count). The smallest absolute Gasteiger partial charge is 0.331 e. The average molecular weight is 997 g/mol. The zero-order valence-electron chi connectivity index (χ0n) is 40.0. The molecule has 0 atom stereocenters. The molecule has 0 amide bonds. The summed E-state index contributed by atoms with van der Waals surface area (Å²) in [5.41, 5.74) is 2.16. The van der Waals surface area contributed by atoms with Crippen LogP contribution in [-0.4, -0.2) is 79.5 Å². The molecule has 24 nitrogen and oxygen atoms in total. The maximum Gasteiger partial charge on any atom is 0.331 e. The highest BCUT2D eigenvalue weighted by Gasteiger charge is 2.13. The lowest BCUT2D eigenvalue weighted by molar-refractivity contribution is 0.304. The van der Waals surface area contributed by atoms with Crippen LogP contribution in [0.15, 0.2) is 116 Å². The molecule has 0 aromatic carbocycles. The number of nitrogens with zero attached hydrogens (tertiary/aromatic N) is 11. The Labute approximate surface area is 402 Å². The summed E-state index contributed by atoms with van der Waals surface area (Å²) in [6, 6.07) is 10.5. The van der Waals surface area contributed by atoms with Gasteiger partial charge in [-0.05, 0) is 58.2 Å². The van der Waals surface area contributed by atoms with E-state index in [0.29, 0.717) is 84.3 Å². The number of H-pyrrole nitrogens is 1. The van der Waals surface area contributed by atoms with Gasteiger partial charge < -0.3 is 13.6 Å². The first-order chi connectivity index (χ1) is 33.8. The minimum Gasteiger partial charge on any atom is -0.361 e. The Hall–Kier alpha value is -8.19. The number of pyridine rings is 3. The predicted molar refractivity (Wildman–Crippen MR) is 260 cm³/mol. The summed E-state index contributed by atoms with van der Waals surface area (Å²) in [4.78, 5) is 85.8. The van der Waals surface area contributed by atoms with Gasteiger partial charge in [-0.2, -0.15) is 8.42 Å². The maximum absolute atomic E-state index is 12.4. The molecular formula is C46H52N12O12S. The molecular weight excluding hydrogens is 945 g/mol. The van der Waals surface area contributed by atoms with Crippen molar-refractivity contribution in [1.29, 1.82) is 0 Å². The number of rotatable bonds is 13. The number of nitrogens with one attached hydrogen (secondary N) is 1. The van der Waals surface area contributed by atoms with E-state index < -0.39 is 21.4 Å². The normalized spacial score (nSPS) is 11.2. The molecule has 0 radical (unpaired) electrons. The fraction of sp³-hybridized carbons (Fsp3) is 0.348. The van der Waals surface area contributed by atoms with E-state index in [1.165, 1.54) is 41.4 Å². The minimum absolute atomic E-state index is 0.179. The van der Waals surface area contributed by atoms with Crippen molar-refractivity contribution in [2.24, 2.45) is 21.1 Å². The summed E-state index contributed by atoms with van der Waals surface area (Å²) in [5, 5.41) is 12.6. The number of aromatic amines is 1. The third kappa shape index (κ3) is 13.5. The van der Waals surface area contributed by atoms with Crippen LogP contribution in [-0.2, 0) is 67.8 Å². The van der Waals surface area contributed by atoms with Crippen LogP contribution in [0.2, 0.25) is 0 Å². The Bertz CT molecular complexity index is 3630. The Morgan fingerprint density at radius 3 is 1.32 bits per heavy atom. The zero-order valence-corrected chi connectivity index (χ0v) is 40.8. The first kappa shape index (κ1) is 52.2. The van der Waals surface area contributed by atoms with E-state index in [-0.39, 0.29) is 29.1 Å². The average Bonchev–Trinajstić information content (AvgIpc) is 4.10. The van der Waals surface area contributed by atoms with Crippen LogP contribution in [0.1, 0.15) is 53.6 Å². The summed E-state index contributed by atoms with van der Waals surface area (Å²) in [7, 11) is 1.58. The fourth-order valence-electron chi connectivity index (χ4n) is 7.21. The SMILES string of the molecule is Cc1cc(CCCOS(C)(=O)=O)on1.Cc1cc(CCCn2c(=O)c3cnccc3n(C)c2=O)on1.Cc1cc(CCCn2c(=O)c3cnccc3n(C)c2=O)on1.Cn1c(=O)[nH]c(=O)c2cnccc21. The molecule has 71 heavy (non-hydrogen) atoms. The molecule has 0 saturated carbocycles. The van der Waals surface area contributed by atoms with Crippen molar-refractivity contribution in [3.8, 4) is 0 Å². The van der Waals surface area contributed by atoms with Crippen LogP contribution in [0.25, 0.3) is 32.7 Å². The first-order valence-corrected chi connectivity index (χ1v) is 23.9. The molecule has 0 saturated heterocycles. The van der Waals surface area contributed by atoms with E-state index in [2.05, 4.69) is 39.6 Å².